The summed E-state index contributed by atoms with van der Waals surface area (Å²) in [7, 11) is 0. The lowest BCUT2D eigenvalue weighted by molar-refractivity contribution is 0.392. The quantitative estimate of drug-likeness (QED) is 0.400. The third-order valence-electron chi connectivity index (χ3n) is 3.40. The Morgan fingerprint density at radius 1 is 1.26 bits per heavy atom. The number of guanidine groups is 1. The molecule has 7 heteroatoms. The van der Waals surface area contributed by atoms with Gasteiger partial charge in [-0.25, -0.2) is 0 Å². The van der Waals surface area contributed by atoms with E-state index in [0.717, 1.165) is 49.1 Å². The first-order chi connectivity index (χ1) is 10.7. The maximum Gasteiger partial charge on any atom is 0.191 e. The van der Waals surface area contributed by atoms with Crippen molar-refractivity contribution >= 4 is 29.9 Å². The average Bonchev–Trinajstić information content (AvgIpc) is 3.12. The first kappa shape index (κ1) is 19.5. The standard InChI is InChI=1S/C16H24N4O2.HI/c1-4-17-16(18-9-7-14-6-5-11-21-14)19-10-8-15-12(2)20-22-13(15)3;/h5-6,11H,4,7-10H2,1-3H3,(H2,17,18,19);1H. The van der Waals surface area contributed by atoms with Gasteiger partial charge in [-0.15, -0.1) is 24.0 Å². The summed E-state index contributed by atoms with van der Waals surface area (Å²) in [6, 6.07) is 3.86. The van der Waals surface area contributed by atoms with Crippen LogP contribution in [0.1, 0.15) is 29.7 Å². The van der Waals surface area contributed by atoms with Crippen molar-refractivity contribution in [2.75, 3.05) is 19.6 Å². The van der Waals surface area contributed by atoms with E-state index < -0.39 is 0 Å². The molecule has 23 heavy (non-hydrogen) atoms. The molecular formula is C16H25IN4O2. The lowest BCUT2D eigenvalue weighted by atomic mass is 10.1. The molecule has 0 atom stereocenters. The maximum atomic E-state index is 5.30. The zero-order valence-corrected chi connectivity index (χ0v) is 16.2. The van der Waals surface area contributed by atoms with E-state index in [2.05, 4.69) is 27.7 Å². The number of nitrogens with zero attached hydrogens (tertiary/aromatic N) is 2. The van der Waals surface area contributed by atoms with Crippen LogP contribution >= 0.6 is 24.0 Å². The Balaban J connectivity index is 0.00000264. The second-order valence-corrected chi connectivity index (χ2v) is 5.07. The number of halogens is 1. The van der Waals surface area contributed by atoms with Gasteiger partial charge >= 0.3 is 0 Å². The zero-order valence-electron chi connectivity index (χ0n) is 13.9. The molecule has 2 aromatic rings. The van der Waals surface area contributed by atoms with E-state index in [1.54, 1.807) is 6.26 Å². The Morgan fingerprint density at radius 2 is 2.09 bits per heavy atom. The fourth-order valence-corrected chi connectivity index (χ4v) is 2.24. The molecule has 128 valence electrons. The van der Waals surface area contributed by atoms with Gasteiger partial charge in [-0.2, -0.15) is 0 Å². The fraction of sp³-hybridized carbons (Fsp3) is 0.500. The Hall–Kier alpha value is -1.51. The third-order valence-corrected chi connectivity index (χ3v) is 3.40. The first-order valence-corrected chi connectivity index (χ1v) is 7.67. The average molecular weight is 432 g/mol. The maximum absolute atomic E-state index is 5.30. The van der Waals surface area contributed by atoms with Crippen molar-refractivity contribution in [3.05, 3.63) is 41.2 Å². The highest BCUT2D eigenvalue weighted by molar-refractivity contribution is 14.0. The number of furan rings is 1. The predicted octanol–water partition coefficient (Wildman–Crippen LogP) is 2.84. The van der Waals surface area contributed by atoms with Crippen LogP contribution in [0.25, 0.3) is 0 Å². The number of hydrogen-bond acceptors (Lipinski definition) is 4. The van der Waals surface area contributed by atoms with Crippen LogP contribution in [0.15, 0.2) is 32.3 Å². The molecular weight excluding hydrogens is 407 g/mol. The Kier molecular flexibility index (Phi) is 8.75. The molecule has 0 aliphatic heterocycles. The minimum atomic E-state index is 0. The summed E-state index contributed by atoms with van der Waals surface area (Å²) in [6.07, 6.45) is 3.35. The summed E-state index contributed by atoms with van der Waals surface area (Å²) in [5.41, 5.74) is 2.12. The van der Waals surface area contributed by atoms with Gasteiger partial charge in [0.05, 0.1) is 12.0 Å². The Bertz CT molecular complexity index is 574. The lowest BCUT2D eigenvalue weighted by Gasteiger charge is -2.11. The normalized spacial score (nSPS) is 11.2. The summed E-state index contributed by atoms with van der Waals surface area (Å²) in [4.78, 5) is 4.55. The summed E-state index contributed by atoms with van der Waals surface area (Å²) < 4.78 is 10.5. The monoisotopic (exact) mass is 432 g/mol. The molecule has 0 unspecified atom stereocenters. The van der Waals surface area contributed by atoms with Gasteiger partial charge in [-0.3, -0.25) is 4.99 Å². The van der Waals surface area contributed by atoms with Crippen LogP contribution in [-0.4, -0.2) is 30.8 Å². The Labute approximate surface area is 154 Å². The van der Waals surface area contributed by atoms with Gasteiger partial charge in [0.15, 0.2) is 5.96 Å². The van der Waals surface area contributed by atoms with Gasteiger partial charge in [0.25, 0.3) is 0 Å². The van der Waals surface area contributed by atoms with Crippen molar-refractivity contribution in [3.8, 4) is 0 Å². The van der Waals surface area contributed by atoms with E-state index in [-0.39, 0.29) is 24.0 Å². The zero-order chi connectivity index (χ0) is 15.8. The van der Waals surface area contributed by atoms with Crippen molar-refractivity contribution in [2.24, 2.45) is 4.99 Å². The first-order valence-electron chi connectivity index (χ1n) is 7.67. The summed E-state index contributed by atoms with van der Waals surface area (Å²) >= 11 is 0. The molecule has 2 heterocycles. The second-order valence-electron chi connectivity index (χ2n) is 5.07. The van der Waals surface area contributed by atoms with Crippen LogP contribution in [0.2, 0.25) is 0 Å². The molecule has 0 saturated heterocycles. The summed E-state index contributed by atoms with van der Waals surface area (Å²) in [5, 5.41) is 10.5. The van der Waals surface area contributed by atoms with Gasteiger partial charge in [0.2, 0.25) is 0 Å². The van der Waals surface area contributed by atoms with E-state index in [4.69, 9.17) is 8.94 Å². The molecule has 2 aromatic heterocycles. The van der Waals surface area contributed by atoms with Crippen molar-refractivity contribution in [1.29, 1.82) is 0 Å². The van der Waals surface area contributed by atoms with Gasteiger partial charge in [0.1, 0.15) is 11.5 Å². The second kappa shape index (κ2) is 10.3. The van der Waals surface area contributed by atoms with Crippen LogP contribution in [0.5, 0.6) is 0 Å². The van der Waals surface area contributed by atoms with E-state index in [1.807, 2.05) is 26.0 Å². The molecule has 0 fully saturated rings. The predicted molar refractivity (Wildman–Crippen MR) is 101 cm³/mol. The minimum Gasteiger partial charge on any atom is -0.469 e. The van der Waals surface area contributed by atoms with Gasteiger partial charge in [-0.05, 0) is 39.3 Å². The third kappa shape index (κ3) is 6.25. The number of aryl methyl sites for hydroxylation is 2. The van der Waals surface area contributed by atoms with Crippen LogP contribution in [0, 0.1) is 13.8 Å². The molecule has 0 aliphatic rings. The molecule has 0 radical (unpaired) electrons. The van der Waals surface area contributed by atoms with Crippen LogP contribution < -0.4 is 10.6 Å². The number of nitrogens with one attached hydrogen (secondary N) is 2. The number of rotatable bonds is 7. The van der Waals surface area contributed by atoms with E-state index >= 15 is 0 Å². The summed E-state index contributed by atoms with van der Waals surface area (Å²) in [5.74, 6) is 2.66. The lowest BCUT2D eigenvalue weighted by Crippen LogP contribution is -2.38. The largest absolute Gasteiger partial charge is 0.469 e. The number of aliphatic imine (C=N–C) groups is 1. The van der Waals surface area contributed by atoms with Gasteiger partial charge in [-0.1, -0.05) is 5.16 Å². The van der Waals surface area contributed by atoms with Crippen molar-refractivity contribution < 1.29 is 8.94 Å². The van der Waals surface area contributed by atoms with Crippen molar-refractivity contribution in [2.45, 2.75) is 33.6 Å². The molecule has 2 rings (SSSR count). The number of hydrogen-bond donors (Lipinski definition) is 2. The fourth-order valence-electron chi connectivity index (χ4n) is 2.24. The van der Waals surface area contributed by atoms with Gasteiger partial charge in [0, 0.05) is 31.6 Å². The highest BCUT2D eigenvalue weighted by Gasteiger charge is 2.08. The highest BCUT2D eigenvalue weighted by atomic mass is 127. The molecule has 6 nitrogen and oxygen atoms in total. The van der Waals surface area contributed by atoms with Crippen molar-refractivity contribution in [1.82, 2.24) is 15.8 Å². The molecule has 2 N–H and O–H groups in total. The highest BCUT2D eigenvalue weighted by Crippen LogP contribution is 2.11. The SMILES string of the molecule is CCNC(=NCCc1ccco1)NCCc1c(C)noc1C.I. The van der Waals surface area contributed by atoms with Crippen LogP contribution in [-0.2, 0) is 12.8 Å². The Morgan fingerprint density at radius 3 is 2.70 bits per heavy atom. The molecule has 0 aromatic carbocycles. The molecule has 0 bridgehead atoms. The van der Waals surface area contributed by atoms with Crippen molar-refractivity contribution in [3.63, 3.8) is 0 Å². The van der Waals surface area contributed by atoms with Gasteiger partial charge < -0.3 is 19.6 Å². The van der Waals surface area contributed by atoms with E-state index in [9.17, 15) is 0 Å². The smallest absolute Gasteiger partial charge is 0.191 e. The molecule has 0 saturated carbocycles. The van der Waals surface area contributed by atoms with Crippen LogP contribution in [0.3, 0.4) is 0 Å². The van der Waals surface area contributed by atoms with E-state index in [0.29, 0.717) is 6.54 Å². The molecule has 0 amide bonds. The van der Waals surface area contributed by atoms with Crippen LogP contribution in [0.4, 0.5) is 0 Å². The molecule has 0 aliphatic carbocycles. The van der Waals surface area contributed by atoms with E-state index in [1.165, 1.54) is 5.56 Å². The number of aromatic nitrogens is 1. The molecule has 0 spiro atoms. The summed E-state index contributed by atoms with van der Waals surface area (Å²) in [6.45, 7) is 8.27. The minimum absolute atomic E-state index is 0. The topological polar surface area (TPSA) is 75.6 Å².